The molecule has 9 heteroatoms. The fourth-order valence-corrected chi connectivity index (χ4v) is 6.55. The van der Waals surface area contributed by atoms with Crippen LogP contribution in [-0.4, -0.2) is 74.1 Å². The molecule has 2 aromatic heterocycles. The molecule has 210 valence electrons. The molecule has 2 fully saturated rings. The predicted molar refractivity (Wildman–Crippen MR) is 150 cm³/mol. The van der Waals surface area contributed by atoms with E-state index in [4.69, 9.17) is 0 Å². The highest BCUT2D eigenvalue weighted by Gasteiger charge is 2.37. The Bertz CT molecular complexity index is 1510. The number of carbonyl (C=O) groups is 1. The molecule has 2 saturated heterocycles. The molecule has 0 radical (unpaired) electrons. The van der Waals surface area contributed by atoms with Crippen molar-refractivity contribution in [1.29, 1.82) is 0 Å². The lowest BCUT2D eigenvalue weighted by Crippen LogP contribution is -2.51. The van der Waals surface area contributed by atoms with Crippen LogP contribution >= 0.6 is 0 Å². The monoisotopic (exact) mass is 546 g/mol. The number of likely N-dealkylation sites (tertiary alicyclic amines) is 2. The first-order valence-corrected chi connectivity index (χ1v) is 14.2. The van der Waals surface area contributed by atoms with Crippen molar-refractivity contribution in [3.8, 4) is 0 Å². The van der Waals surface area contributed by atoms with Crippen molar-refractivity contribution in [2.24, 2.45) is 5.92 Å². The molecule has 0 saturated carbocycles. The normalized spacial score (nSPS) is 21.4. The lowest BCUT2D eigenvalue weighted by atomic mass is 9.89. The number of piperidine rings is 1. The molecule has 8 nitrogen and oxygen atoms in total. The Morgan fingerprint density at radius 3 is 2.55 bits per heavy atom. The third-order valence-electron chi connectivity index (χ3n) is 8.78. The number of carbonyl (C=O) groups excluding carboxylic acids is 1. The number of hydrogen-bond donors (Lipinski definition) is 2. The number of nitrogens with zero attached hydrogens (tertiary/aromatic N) is 4. The summed E-state index contributed by atoms with van der Waals surface area (Å²) < 4.78 is 14.1. The molecule has 1 unspecified atom stereocenters. The summed E-state index contributed by atoms with van der Waals surface area (Å²) in [7, 11) is 0. The van der Waals surface area contributed by atoms with Gasteiger partial charge in [-0.3, -0.25) is 14.5 Å². The van der Waals surface area contributed by atoms with Crippen LogP contribution in [0.1, 0.15) is 48.8 Å². The zero-order valence-corrected chi connectivity index (χ0v) is 22.6. The molecule has 3 aliphatic rings. The summed E-state index contributed by atoms with van der Waals surface area (Å²) in [6.45, 7) is 3.16. The van der Waals surface area contributed by atoms with Crippen LogP contribution in [0.5, 0.6) is 0 Å². The third kappa shape index (κ3) is 5.40. The largest absolute Gasteiger partial charge is 0.425 e. The number of aryl methyl sites for hydroxylation is 1. The summed E-state index contributed by atoms with van der Waals surface area (Å²) in [5.74, 6) is 0.0919. The molecule has 0 bridgehead atoms. The van der Waals surface area contributed by atoms with Gasteiger partial charge in [0.15, 0.2) is 0 Å². The molecule has 1 aliphatic carbocycles. The van der Waals surface area contributed by atoms with Gasteiger partial charge < -0.3 is 15.2 Å². The van der Waals surface area contributed by atoms with E-state index in [-0.39, 0.29) is 23.2 Å². The van der Waals surface area contributed by atoms with Crippen LogP contribution in [0.2, 0.25) is 0 Å². The number of fused-ring (bicyclic) bond motifs is 3. The van der Waals surface area contributed by atoms with Crippen LogP contribution in [0.25, 0.3) is 16.5 Å². The van der Waals surface area contributed by atoms with Gasteiger partial charge in [0.2, 0.25) is 5.91 Å². The number of pyridine rings is 2. The minimum absolute atomic E-state index is 0.130. The van der Waals surface area contributed by atoms with Crippen LogP contribution < -0.4 is 5.56 Å². The Balaban J connectivity index is 1.29. The average molecular weight is 547 g/mol. The minimum Gasteiger partial charge on any atom is -0.425 e. The van der Waals surface area contributed by atoms with Crippen LogP contribution in [0.15, 0.2) is 53.6 Å². The Morgan fingerprint density at radius 2 is 1.82 bits per heavy atom. The van der Waals surface area contributed by atoms with E-state index in [1.807, 2.05) is 12.1 Å². The van der Waals surface area contributed by atoms with Gasteiger partial charge in [-0.05, 0) is 84.9 Å². The molecule has 1 amide bonds. The fourth-order valence-electron chi connectivity index (χ4n) is 6.55. The number of halogens is 1. The number of amides is 1. The topological polar surface area (TPSA) is 98.9 Å². The Kier molecular flexibility index (Phi) is 7.18. The molecular formula is C31H35FN4O4. The van der Waals surface area contributed by atoms with Gasteiger partial charge in [0, 0.05) is 56.9 Å². The Hall–Kier alpha value is -3.56. The van der Waals surface area contributed by atoms with Crippen molar-refractivity contribution in [3.05, 3.63) is 81.7 Å². The maximum atomic E-state index is 13.5. The quantitative estimate of drug-likeness (QED) is 0.460. The van der Waals surface area contributed by atoms with Gasteiger partial charge in [0.25, 0.3) is 0 Å². The van der Waals surface area contributed by atoms with E-state index in [1.165, 1.54) is 18.3 Å². The van der Waals surface area contributed by atoms with E-state index in [2.05, 4.69) is 16.0 Å². The maximum Gasteiger partial charge on any atom is 0.309 e. The lowest BCUT2D eigenvalue weighted by Gasteiger charge is -2.40. The van der Waals surface area contributed by atoms with Crippen molar-refractivity contribution in [2.75, 3.05) is 32.7 Å². The number of β-amino-alcohol motifs (C(OH)–C–C–N with tert-alkyl or cyclic N) is 1. The SMILES string of the molecule is O=C1CCCN1CC1(O)CCN(CC2=CC(Cc3ccc(F)cc3)CCc3cnc4c(=O)n(O)ccc4c32)CC1. The van der Waals surface area contributed by atoms with Crippen molar-refractivity contribution in [3.63, 3.8) is 0 Å². The summed E-state index contributed by atoms with van der Waals surface area (Å²) in [5.41, 5.74) is 3.03. The van der Waals surface area contributed by atoms with Gasteiger partial charge in [-0.1, -0.05) is 18.2 Å². The molecule has 2 N–H and O–H groups in total. The first kappa shape index (κ1) is 26.7. The van der Waals surface area contributed by atoms with Crippen molar-refractivity contribution < 1.29 is 19.5 Å². The molecular weight excluding hydrogens is 511 g/mol. The molecule has 6 rings (SSSR count). The summed E-state index contributed by atoms with van der Waals surface area (Å²) >= 11 is 0. The van der Waals surface area contributed by atoms with E-state index >= 15 is 0 Å². The summed E-state index contributed by atoms with van der Waals surface area (Å²) in [5, 5.41) is 22.0. The number of rotatable bonds is 6. The fraction of sp³-hybridized carbons (Fsp3) is 0.452. The van der Waals surface area contributed by atoms with E-state index in [0.29, 0.717) is 50.2 Å². The molecule has 1 aromatic carbocycles. The van der Waals surface area contributed by atoms with E-state index in [1.54, 1.807) is 17.2 Å². The van der Waals surface area contributed by atoms with Crippen LogP contribution in [0, 0.1) is 11.7 Å². The van der Waals surface area contributed by atoms with Gasteiger partial charge in [0.05, 0.1) is 5.60 Å². The summed E-state index contributed by atoms with van der Waals surface area (Å²) in [4.78, 5) is 33.4. The van der Waals surface area contributed by atoms with Crippen molar-refractivity contribution in [1.82, 2.24) is 19.5 Å². The summed E-state index contributed by atoms with van der Waals surface area (Å²) in [6.07, 6.45) is 10.5. The van der Waals surface area contributed by atoms with Crippen molar-refractivity contribution >= 4 is 22.4 Å². The third-order valence-corrected chi connectivity index (χ3v) is 8.78. The zero-order chi connectivity index (χ0) is 27.9. The Morgan fingerprint density at radius 1 is 1.05 bits per heavy atom. The van der Waals surface area contributed by atoms with Gasteiger partial charge in [-0.25, -0.2) is 9.37 Å². The van der Waals surface area contributed by atoms with Gasteiger partial charge in [0.1, 0.15) is 11.3 Å². The second-order valence-electron chi connectivity index (χ2n) is 11.6. The highest BCUT2D eigenvalue weighted by Crippen LogP contribution is 2.35. The highest BCUT2D eigenvalue weighted by molar-refractivity contribution is 5.93. The number of aliphatic hydroxyl groups is 1. The molecule has 40 heavy (non-hydrogen) atoms. The lowest BCUT2D eigenvalue weighted by molar-refractivity contribution is -0.132. The molecule has 2 aliphatic heterocycles. The number of allylic oxidation sites excluding steroid dienone is 1. The molecule has 4 heterocycles. The maximum absolute atomic E-state index is 13.5. The van der Waals surface area contributed by atoms with E-state index < -0.39 is 11.2 Å². The molecule has 3 aromatic rings. The van der Waals surface area contributed by atoms with Gasteiger partial charge >= 0.3 is 5.56 Å². The predicted octanol–water partition coefficient (Wildman–Crippen LogP) is 3.41. The Labute approximate surface area is 232 Å². The van der Waals surface area contributed by atoms with Crippen molar-refractivity contribution in [2.45, 2.75) is 50.5 Å². The number of hydrogen-bond acceptors (Lipinski definition) is 6. The van der Waals surface area contributed by atoms with E-state index in [0.717, 1.165) is 59.9 Å². The standard InChI is InChI=1S/C31H35FN4O4/c32-25-7-4-21(5-8-25)16-22-3-6-23-18-33-29-26(9-13-36(40)30(29)38)28(23)24(17-22)19-34-14-10-31(39,11-15-34)20-35-12-1-2-27(35)37/h4-5,7-9,13,17-18,22,39-40H,1-3,6,10-12,14-16,19-20H2. The minimum atomic E-state index is -0.875. The second-order valence-corrected chi connectivity index (χ2v) is 11.6. The first-order chi connectivity index (χ1) is 19.3. The van der Waals surface area contributed by atoms with E-state index in [9.17, 15) is 24.3 Å². The summed E-state index contributed by atoms with van der Waals surface area (Å²) in [6, 6.07) is 8.40. The highest BCUT2D eigenvalue weighted by atomic mass is 19.1. The number of aromatic nitrogens is 2. The second kappa shape index (κ2) is 10.8. The molecule has 1 atom stereocenters. The van der Waals surface area contributed by atoms with Crippen LogP contribution in [0.4, 0.5) is 4.39 Å². The number of benzene rings is 1. The first-order valence-electron chi connectivity index (χ1n) is 14.2. The van der Waals surface area contributed by atoms with Crippen LogP contribution in [-0.2, 0) is 17.6 Å². The zero-order valence-electron chi connectivity index (χ0n) is 22.6. The smallest absolute Gasteiger partial charge is 0.309 e. The van der Waals surface area contributed by atoms with Crippen LogP contribution in [0.3, 0.4) is 0 Å². The van der Waals surface area contributed by atoms with Gasteiger partial charge in [-0.15, -0.1) is 0 Å². The van der Waals surface area contributed by atoms with Gasteiger partial charge in [-0.2, -0.15) is 4.73 Å². The average Bonchev–Trinajstić information content (AvgIpc) is 3.25. The molecule has 0 spiro atoms.